The van der Waals surface area contributed by atoms with E-state index in [1.807, 2.05) is 13.0 Å². The number of hydrogen-bond donors (Lipinski definition) is 1. The zero-order chi connectivity index (χ0) is 9.26. The Balaban J connectivity index is 2.32. The topological polar surface area (TPSA) is 48.7 Å². The number of nitriles is 1. The van der Waals surface area contributed by atoms with Crippen LogP contribution in [0.2, 0.25) is 0 Å². The molecule has 0 saturated heterocycles. The minimum Gasteiger partial charge on any atom is -0.366 e. The van der Waals surface area contributed by atoms with E-state index in [4.69, 9.17) is 5.26 Å². The molecule has 0 aromatic carbocycles. The molecule has 3 heteroatoms. The third-order valence-electron chi connectivity index (χ3n) is 2.19. The second-order valence-electron chi connectivity index (χ2n) is 3.38. The van der Waals surface area contributed by atoms with Crippen LogP contribution in [0.1, 0.15) is 24.0 Å². The Morgan fingerprint density at radius 3 is 3.00 bits per heavy atom. The minimum atomic E-state index is 0.543. The van der Waals surface area contributed by atoms with Crippen LogP contribution in [0, 0.1) is 18.3 Å². The highest BCUT2D eigenvalue weighted by molar-refractivity contribution is 5.56. The van der Waals surface area contributed by atoms with Gasteiger partial charge in [-0.1, -0.05) is 0 Å². The van der Waals surface area contributed by atoms with Crippen LogP contribution < -0.4 is 5.32 Å². The van der Waals surface area contributed by atoms with Crippen LogP contribution in [0.5, 0.6) is 0 Å². The molecule has 13 heavy (non-hydrogen) atoms. The summed E-state index contributed by atoms with van der Waals surface area (Å²) in [6.07, 6.45) is 4.13. The molecule has 2 rings (SSSR count). The summed E-state index contributed by atoms with van der Waals surface area (Å²) in [7, 11) is 0. The quantitative estimate of drug-likeness (QED) is 0.742. The van der Waals surface area contributed by atoms with Gasteiger partial charge in [-0.3, -0.25) is 0 Å². The van der Waals surface area contributed by atoms with E-state index in [9.17, 15) is 0 Å². The van der Waals surface area contributed by atoms with Crippen LogP contribution in [0.4, 0.5) is 5.82 Å². The summed E-state index contributed by atoms with van der Waals surface area (Å²) in [6, 6.07) is 4.57. The summed E-state index contributed by atoms with van der Waals surface area (Å²) in [4.78, 5) is 4.16. The van der Waals surface area contributed by atoms with Crippen LogP contribution >= 0.6 is 0 Å². The minimum absolute atomic E-state index is 0.543. The number of nitrogens with zero attached hydrogens (tertiary/aromatic N) is 2. The zero-order valence-electron chi connectivity index (χ0n) is 7.54. The van der Waals surface area contributed by atoms with Gasteiger partial charge in [-0.2, -0.15) is 5.26 Å². The number of aryl methyl sites for hydroxylation is 1. The van der Waals surface area contributed by atoms with Gasteiger partial charge in [0.1, 0.15) is 11.9 Å². The Hall–Kier alpha value is -1.56. The second kappa shape index (κ2) is 3.06. The molecule has 0 amide bonds. The van der Waals surface area contributed by atoms with Gasteiger partial charge in [0.15, 0.2) is 0 Å². The first-order valence-corrected chi connectivity index (χ1v) is 4.43. The molecule has 1 saturated carbocycles. The summed E-state index contributed by atoms with van der Waals surface area (Å²) in [5.41, 5.74) is 1.66. The molecule has 1 aromatic heterocycles. The molecule has 0 radical (unpaired) electrons. The predicted octanol–water partition coefficient (Wildman–Crippen LogP) is 1.84. The molecule has 3 nitrogen and oxygen atoms in total. The SMILES string of the molecule is Cc1ccnc(NC2CC2)c1C#N. The molecule has 1 aliphatic rings. The van der Waals surface area contributed by atoms with Gasteiger partial charge in [0.05, 0.1) is 5.56 Å². The fourth-order valence-electron chi connectivity index (χ4n) is 1.23. The van der Waals surface area contributed by atoms with Gasteiger partial charge < -0.3 is 5.32 Å². The largest absolute Gasteiger partial charge is 0.366 e. The van der Waals surface area contributed by atoms with Crippen LogP contribution in [-0.2, 0) is 0 Å². The molecule has 1 aromatic rings. The maximum atomic E-state index is 8.90. The molecular formula is C10H11N3. The van der Waals surface area contributed by atoms with Crippen LogP contribution in [0.15, 0.2) is 12.3 Å². The highest BCUT2D eigenvalue weighted by Crippen LogP contribution is 2.25. The number of rotatable bonds is 2. The Bertz CT molecular complexity index is 361. The van der Waals surface area contributed by atoms with Crippen molar-refractivity contribution in [1.82, 2.24) is 4.98 Å². The summed E-state index contributed by atoms with van der Waals surface area (Å²) >= 11 is 0. The summed E-state index contributed by atoms with van der Waals surface area (Å²) in [5.74, 6) is 0.741. The standard InChI is InChI=1S/C10H11N3/c1-7-4-5-12-10(9(7)6-11)13-8-2-3-8/h4-5,8H,2-3H2,1H3,(H,12,13). The molecule has 0 aliphatic heterocycles. The molecule has 0 spiro atoms. The fourth-order valence-corrected chi connectivity index (χ4v) is 1.23. The summed E-state index contributed by atoms with van der Waals surface area (Å²) in [6.45, 7) is 1.93. The first kappa shape index (κ1) is 8.06. The number of pyridine rings is 1. The first-order valence-electron chi connectivity index (χ1n) is 4.43. The highest BCUT2D eigenvalue weighted by atomic mass is 15.0. The summed E-state index contributed by atoms with van der Waals surface area (Å²) < 4.78 is 0. The van der Waals surface area contributed by atoms with Gasteiger partial charge in [0.25, 0.3) is 0 Å². The second-order valence-corrected chi connectivity index (χ2v) is 3.38. The van der Waals surface area contributed by atoms with Gasteiger partial charge in [0, 0.05) is 12.2 Å². The van der Waals surface area contributed by atoms with Crippen molar-refractivity contribution in [3.63, 3.8) is 0 Å². The first-order chi connectivity index (χ1) is 6.31. The number of anilines is 1. The molecule has 0 bridgehead atoms. The average molecular weight is 173 g/mol. The molecule has 0 unspecified atom stereocenters. The van der Waals surface area contributed by atoms with Crippen molar-refractivity contribution in [2.45, 2.75) is 25.8 Å². The van der Waals surface area contributed by atoms with Gasteiger partial charge in [-0.15, -0.1) is 0 Å². The van der Waals surface area contributed by atoms with E-state index in [2.05, 4.69) is 16.4 Å². The lowest BCUT2D eigenvalue weighted by Gasteiger charge is -2.06. The zero-order valence-corrected chi connectivity index (χ0v) is 7.54. The molecule has 66 valence electrons. The Labute approximate surface area is 77.4 Å². The molecule has 1 heterocycles. The van der Waals surface area contributed by atoms with Gasteiger partial charge in [-0.25, -0.2) is 4.98 Å². The van der Waals surface area contributed by atoms with Crippen molar-refractivity contribution in [2.24, 2.45) is 0 Å². The van der Waals surface area contributed by atoms with Gasteiger partial charge >= 0.3 is 0 Å². The predicted molar refractivity (Wildman–Crippen MR) is 50.3 cm³/mol. The van der Waals surface area contributed by atoms with Crippen molar-refractivity contribution < 1.29 is 0 Å². The lowest BCUT2D eigenvalue weighted by Crippen LogP contribution is -2.05. The lowest BCUT2D eigenvalue weighted by atomic mass is 10.1. The van der Waals surface area contributed by atoms with Crippen molar-refractivity contribution in [3.05, 3.63) is 23.4 Å². The maximum absolute atomic E-state index is 8.90. The smallest absolute Gasteiger partial charge is 0.144 e. The van der Waals surface area contributed by atoms with Gasteiger partial charge in [0.2, 0.25) is 0 Å². The van der Waals surface area contributed by atoms with Crippen LogP contribution in [0.3, 0.4) is 0 Å². The van der Waals surface area contributed by atoms with Crippen molar-refractivity contribution in [3.8, 4) is 6.07 Å². The monoisotopic (exact) mass is 173 g/mol. The lowest BCUT2D eigenvalue weighted by molar-refractivity contribution is 1.10. The number of aromatic nitrogens is 1. The van der Waals surface area contributed by atoms with E-state index >= 15 is 0 Å². The molecule has 1 N–H and O–H groups in total. The molecule has 1 fully saturated rings. The highest BCUT2D eigenvalue weighted by Gasteiger charge is 2.22. The third-order valence-corrected chi connectivity index (χ3v) is 2.19. The van der Waals surface area contributed by atoms with Crippen LogP contribution in [0.25, 0.3) is 0 Å². The Morgan fingerprint density at radius 2 is 2.38 bits per heavy atom. The van der Waals surface area contributed by atoms with E-state index in [-0.39, 0.29) is 0 Å². The van der Waals surface area contributed by atoms with E-state index in [0.717, 1.165) is 11.4 Å². The number of hydrogen-bond acceptors (Lipinski definition) is 3. The van der Waals surface area contributed by atoms with E-state index in [0.29, 0.717) is 11.6 Å². The fraction of sp³-hybridized carbons (Fsp3) is 0.400. The molecular weight excluding hydrogens is 162 g/mol. The molecule has 1 aliphatic carbocycles. The maximum Gasteiger partial charge on any atom is 0.144 e. The van der Waals surface area contributed by atoms with E-state index < -0.39 is 0 Å². The Morgan fingerprint density at radius 1 is 1.62 bits per heavy atom. The van der Waals surface area contributed by atoms with Crippen molar-refractivity contribution >= 4 is 5.82 Å². The van der Waals surface area contributed by atoms with E-state index in [1.54, 1.807) is 6.20 Å². The number of nitrogens with one attached hydrogen (secondary N) is 1. The van der Waals surface area contributed by atoms with Gasteiger partial charge in [-0.05, 0) is 31.4 Å². The van der Waals surface area contributed by atoms with Crippen LogP contribution in [-0.4, -0.2) is 11.0 Å². The molecule has 0 atom stereocenters. The van der Waals surface area contributed by atoms with Crippen molar-refractivity contribution in [1.29, 1.82) is 5.26 Å². The Kier molecular flexibility index (Phi) is 1.90. The van der Waals surface area contributed by atoms with E-state index in [1.165, 1.54) is 12.8 Å². The average Bonchev–Trinajstić information content (AvgIpc) is 2.89. The summed E-state index contributed by atoms with van der Waals surface area (Å²) in [5, 5.41) is 12.1. The third kappa shape index (κ3) is 1.62. The van der Waals surface area contributed by atoms with Crippen molar-refractivity contribution in [2.75, 3.05) is 5.32 Å². The normalized spacial score (nSPS) is 15.1.